The van der Waals surface area contributed by atoms with Gasteiger partial charge in [0.25, 0.3) is 0 Å². The smallest absolute Gasteiger partial charge is 0.168 e. The summed E-state index contributed by atoms with van der Waals surface area (Å²) in [7, 11) is 1.41. The van der Waals surface area contributed by atoms with Gasteiger partial charge in [-0.15, -0.1) is 0 Å². The Bertz CT molecular complexity index is 444. The van der Waals surface area contributed by atoms with E-state index in [1.165, 1.54) is 13.2 Å². The molecule has 1 aliphatic heterocycles. The predicted octanol–water partition coefficient (Wildman–Crippen LogP) is 1.32. The third-order valence-corrected chi connectivity index (χ3v) is 3.11. The van der Waals surface area contributed by atoms with E-state index in [2.05, 4.69) is 5.32 Å². The van der Waals surface area contributed by atoms with Crippen LogP contribution in [-0.4, -0.2) is 38.7 Å². The van der Waals surface area contributed by atoms with E-state index >= 15 is 0 Å². The van der Waals surface area contributed by atoms with E-state index in [9.17, 15) is 9.18 Å². The number of carbonyl (C=O) groups is 1. The predicted molar refractivity (Wildman–Crippen MR) is 68.9 cm³/mol. The zero-order valence-electron chi connectivity index (χ0n) is 10.9. The molecule has 0 spiro atoms. The van der Waals surface area contributed by atoms with Gasteiger partial charge >= 0.3 is 0 Å². The van der Waals surface area contributed by atoms with E-state index in [1.807, 2.05) is 0 Å². The number of nitrogens with one attached hydrogen (secondary N) is 1. The van der Waals surface area contributed by atoms with Gasteiger partial charge in [-0.25, -0.2) is 4.39 Å². The number of benzene rings is 1. The van der Waals surface area contributed by atoms with Crippen molar-refractivity contribution in [2.75, 3.05) is 26.8 Å². The molecule has 19 heavy (non-hydrogen) atoms. The lowest BCUT2D eigenvalue weighted by atomic mass is 10.0. The molecule has 1 unspecified atom stereocenters. The minimum absolute atomic E-state index is 0.0270. The fourth-order valence-corrected chi connectivity index (χ4v) is 2.14. The Morgan fingerprint density at radius 2 is 2.42 bits per heavy atom. The van der Waals surface area contributed by atoms with Gasteiger partial charge in [-0.3, -0.25) is 4.79 Å². The molecule has 1 N–H and O–H groups in total. The van der Waals surface area contributed by atoms with Crippen LogP contribution in [0.15, 0.2) is 18.2 Å². The molecule has 1 aromatic carbocycles. The van der Waals surface area contributed by atoms with Crippen molar-refractivity contribution < 1.29 is 18.7 Å². The summed E-state index contributed by atoms with van der Waals surface area (Å²) in [6.07, 6.45) is 0.280. The van der Waals surface area contributed by atoms with Gasteiger partial charge in [-0.2, -0.15) is 0 Å². The second-order valence-electron chi connectivity index (χ2n) is 4.55. The van der Waals surface area contributed by atoms with E-state index in [-0.39, 0.29) is 24.1 Å². The summed E-state index contributed by atoms with van der Waals surface area (Å²) in [5.74, 6) is -0.317. The minimum Gasteiger partial charge on any atom is -0.494 e. The van der Waals surface area contributed by atoms with Crippen LogP contribution < -0.4 is 10.1 Å². The molecule has 1 aliphatic rings. The fraction of sp³-hybridized carbons (Fsp3) is 0.500. The molecule has 5 heteroatoms. The third kappa shape index (κ3) is 3.75. The molecule has 0 aliphatic carbocycles. The first-order chi connectivity index (χ1) is 9.20. The van der Waals surface area contributed by atoms with Crippen molar-refractivity contribution in [2.24, 2.45) is 0 Å². The molecular weight excluding hydrogens is 249 g/mol. The maximum atomic E-state index is 13.9. The van der Waals surface area contributed by atoms with Gasteiger partial charge in [0.1, 0.15) is 5.78 Å². The molecule has 104 valence electrons. The Morgan fingerprint density at radius 1 is 1.58 bits per heavy atom. The molecule has 2 rings (SSSR count). The topological polar surface area (TPSA) is 47.6 Å². The van der Waals surface area contributed by atoms with Crippen LogP contribution in [0.5, 0.6) is 5.75 Å². The highest BCUT2D eigenvalue weighted by atomic mass is 19.1. The van der Waals surface area contributed by atoms with Crippen LogP contribution in [0.3, 0.4) is 0 Å². The molecule has 1 atom stereocenters. The van der Waals surface area contributed by atoms with E-state index < -0.39 is 5.82 Å². The highest BCUT2D eigenvalue weighted by molar-refractivity contribution is 5.81. The highest BCUT2D eigenvalue weighted by Gasteiger charge is 2.19. The van der Waals surface area contributed by atoms with E-state index in [0.29, 0.717) is 25.1 Å². The summed E-state index contributed by atoms with van der Waals surface area (Å²) < 4.78 is 24.2. The van der Waals surface area contributed by atoms with Crippen LogP contribution in [0.4, 0.5) is 4.39 Å². The fourth-order valence-electron chi connectivity index (χ4n) is 2.14. The van der Waals surface area contributed by atoms with Crippen LogP contribution >= 0.6 is 0 Å². The second kappa shape index (κ2) is 6.63. The zero-order chi connectivity index (χ0) is 13.7. The van der Waals surface area contributed by atoms with E-state index in [1.54, 1.807) is 12.1 Å². The highest BCUT2D eigenvalue weighted by Crippen LogP contribution is 2.21. The standard InChI is InChI=1S/C14H18FNO3/c1-18-13-4-2-3-10(14(13)15)7-11(17)8-12-9-16-5-6-19-12/h2-4,12,16H,5-9H2,1H3. The van der Waals surface area contributed by atoms with Gasteiger partial charge in [0.15, 0.2) is 11.6 Å². The normalized spacial score (nSPS) is 19.2. The van der Waals surface area contributed by atoms with Crippen LogP contribution in [0, 0.1) is 5.82 Å². The average molecular weight is 267 g/mol. The number of ether oxygens (including phenoxy) is 2. The second-order valence-corrected chi connectivity index (χ2v) is 4.55. The number of halogens is 1. The molecule has 0 radical (unpaired) electrons. The SMILES string of the molecule is COc1cccc(CC(=O)CC2CNCCO2)c1F. The summed E-state index contributed by atoms with van der Waals surface area (Å²) >= 11 is 0. The number of rotatable bonds is 5. The summed E-state index contributed by atoms with van der Waals surface area (Å²) in [4.78, 5) is 11.9. The van der Waals surface area contributed by atoms with Gasteiger partial charge in [0, 0.05) is 25.9 Å². The molecule has 4 nitrogen and oxygen atoms in total. The maximum absolute atomic E-state index is 13.9. The minimum atomic E-state index is -0.457. The van der Waals surface area contributed by atoms with Crippen molar-refractivity contribution in [3.05, 3.63) is 29.6 Å². The van der Waals surface area contributed by atoms with Crippen molar-refractivity contribution in [1.29, 1.82) is 0 Å². The Kier molecular flexibility index (Phi) is 4.87. The van der Waals surface area contributed by atoms with Gasteiger partial charge in [0.2, 0.25) is 0 Å². The van der Waals surface area contributed by atoms with Gasteiger partial charge < -0.3 is 14.8 Å². The molecule has 1 fully saturated rings. The van der Waals surface area contributed by atoms with Crippen molar-refractivity contribution in [3.8, 4) is 5.75 Å². The van der Waals surface area contributed by atoms with Crippen LogP contribution in [-0.2, 0) is 16.0 Å². The number of morpholine rings is 1. The lowest BCUT2D eigenvalue weighted by Crippen LogP contribution is -2.39. The van der Waals surface area contributed by atoms with Gasteiger partial charge in [-0.1, -0.05) is 12.1 Å². The van der Waals surface area contributed by atoms with Gasteiger partial charge in [-0.05, 0) is 11.6 Å². The van der Waals surface area contributed by atoms with Crippen LogP contribution in [0.25, 0.3) is 0 Å². The number of carbonyl (C=O) groups excluding carboxylic acids is 1. The number of methoxy groups -OCH3 is 1. The average Bonchev–Trinajstić information content (AvgIpc) is 2.42. The molecule has 0 aromatic heterocycles. The summed E-state index contributed by atoms with van der Waals surface area (Å²) in [5, 5.41) is 3.16. The molecule has 0 saturated carbocycles. The third-order valence-electron chi connectivity index (χ3n) is 3.11. The molecule has 1 heterocycles. The largest absolute Gasteiger partial charge is 0.494 e. The van der Waals surface area contributed by atoms with Crippen LogP contribution in [0.2, 0.25) is 0 Å². The molecular formula is C14H18FNO3. The Balaban J connectivity index is 1.94. The molecule has 1 saturated heterocycles. The van der Waals surface area contributed by atoms with E-state index in [0.717, 1.165) is 6.54 Å². The monoisotopic (exact) mass is 267 g/mol. The maximum Gasteiger partial charge on any atom is 0.168 e. The Hall–Kier alpha value is -1.46. The van der Waals surface area contributed by atoms with Crippen molar-refractivity contribution >= 4 is 5.78 Å². The first-order valence-corrected chi connectivity index (χ1v) is 6.36. The van der Waals surface area contributed by atoms with E-state index in [4.69, 9.17) is 9.47 Å². The van der Waals surface area contributed by atoms with Gasteiger partial charge in [0.05, 0.1) is 19.8 Å². The first kappa shape index (κ1) is 14.0. The number of ketones is 1. The quantitative estimate of drug-likeness (QED) is 0.874. The molecule has 1 aromatic rings. The Labute approximate surface area is 111 Å². The number of Topliss-reactive ketones (excluding diaryl/α,β-unsaturated/α-hetero) is 1. The van der Waals surface area contributed by atoms with Crippen molar-refractivity contribution in [1.82, 2.24) is 5.32 Å². The van der Waals surface area contributed by atoms with Crippen molar-refractivity contribution in [2.45, 2.75) is 18.9 Å². The Morgan fingerprint density at radius 3 is 3.11 bits per heavy atom. The first-order valence-electron chi connectivity index (χ1n) is 6.36. The lowest BCUT2D eigenvalue weighted by molar-refractivity contribution is -0.121. The lowest BCUT2D eigenvalue weighted by Gasteiger charge is -2.23. The number of hydrogen-bond acceptors (Lipinski definition) is 4. The summed E-state index contributed by atoms with van der Waals surface area (Å²) in [5.41, 5.74) is 0.369. The zero-order valence-corrected chi connectivity index (χ0v) is 10.9. The summed E-state index contributed by atoms with van der Waals surface area (Å²) in [6.45, 7) is 2.10. The van der Waals surface area contributed by atoms with Crippen molar-refractivity contribution in [3.63, 3.8) is 0 Å². The molecule has 0 amide bonds. The number of hydrogen-bond donors (Lipinski definition) is 1. The summed E-state index contributed by atoms with van der Waals surface area (Å²) in [6, 6.07) is 4.83. The molecule has 0 bridgehead atoms. The van der Waals surface area contributed by atoms with Crippen LogP contribution in [0.1, 0.15) is 12.0 Å².